The zero-order valence-electron chi connectivity index (χ0n) is 8.90. The first-order valence-electron chi connectivity index (χ1n) is 4.44. The largest absolute Gasteiger partial charge is 0.468 e. The normalized spacial score (nSPS) is 13.7. The molecule has 0 saturated carbocycles. The van der Waals surface area contributed by atoms with Crippen molar-refractivity contribution < 1.29 is 9.53 Å². The van der Waals surface area contributed by atoms with Gasteiger partial charge in [-0.3, -0.25) is 4.79 Å². The smallest absolute Gasteiger partial charge is 0.316 e. The minimum Gasteiger partial charge on any atom is -0.468 e. The van der Waals surface area contributed by atoms with Crippen LogP contribution in [0.1, 0.15) is 31.7 Å². The number of carbonyl (C=O) groups is 1. The minimum absolute atomic E-state index is 0.162. The number of nitrogens with zero attached hydrogens (tertiary/aromatic N) is 1. The Morgan fingerprint density at radius 3 is 2.57 bits per heavy atom. The summed E-state index contributed by atoms with van der Waals surface area (Å²) in [4.78, 5) is 15.8. The van der Waals surface area contributed by atoms with E-state index in [-0.39, 0.29) is 17.3 Å². The number of rotatable bonds is 2. The maximum Gasteiger partial charge on any atom is 0.316 e. The van der Waals surface area contributed by atoms with Crippen LogP contribution in [0.5, 0.6) is 0 Å². The molecular formula is C10H15NO2S. The van der Waals surface area contributed by atoms with E-state index in [1.54, 1.807) is 6.20 Å². The summed E-state index contributed by atoms with van der Waals surface area (Å²) in [5, 5.41) is 2.70. The van der Waals surface area contributed by atoms with Crippen LogP contribution in [-0.4, -0.2) is 18.1 Å². The number of ether oxygens (including phenoxy) is 1. The van der Waals surface area contributed by atoms with Gasteiger partial charge in [-0.25, -0.2) is 4.98 Å². The number of esters is 1. The molecule has 3 nitrogen and oxygen atoms in total. The lowest BCUT2D eigenvalue weighted by molar-refractivity contribution is -0.145. The third kappa shape index (κ3) is 2.32. The first-order valence-corrected chi connectivity index (χ1v) is 5.32. The molecule has 0 aliphatic heterocycles. The van der Waals surface area contributed by atoms with Crippen LogP contribution < -0.4 is 0 Å². The fraction of sp³-hybridized carbons (Fsp3) is 0.600. The Kier molecular flexibility index (Phi) is 3.26. The van der Waals surface area contributed by atoms with Gasteiger partial charge in [0, 0.05) is 11.6 Å². The Morgan fingerprint density at radius 1 is 1.57 bits per heavy atom. The van der Waals surface area contributed by atoms with Crippen LogP contribution in [0.4, 0.5) is 0 Å². The lowest BCUT2D eigenvalue weighted by Crippen LogP contribution is -2.27. The Labute approximate surface area is 88.1 Å². The zero-order valence-corrected chi connectivity index (χ0v) is 9.72. The van der Waals surface area contributed by atoms with Crippen LogP contribution in [0.15, 0.2) is 11.6 Å². The Morgan fingerprint density at radius 2 is 2.21 bits per heavy atom. The summed E-state index contributed by atoms with van der Waals surface area (Å²) in [7, 11) is 1.41. The minimum atomic E-state index is -0.271. The van der Waals surface area contributed by atoms with Crippen molar-refractivity contribution in [2.45, 2.75) is 26.7 Å². The van der Waals surface area contributed by atoms with Crippen LogP contribution in [0.3, 0.4) is 0 Å². The molecule has 0 aliphatic carbocycles. The highest BCUT2D eigenvalue weighted by Crippen LogP contribution is 2.36. The molecule has 0 amide bonds. The number of methoxy groups -OCH3 is 1. The number of aromatic nitrogens is 1. The van der Waals surface area contributed by atoms with E-state index in [0.29, 0.717) is 0 Å². The average Bonchev–Trinajstić information content (AvgIpc) is 2.54. The molecule has 1 aromatic rings. The van der Waals surface area contributed by atoms with Gasteiger partial charge in [0.2, 0.25) is 0 Å². The van der Waals surface area contributed by atoms with E-state index in [4.69, 9.17) is 4.74 Å². The van der Waals surface area contributed by atoms with Crippen molar-refractivity contribution in [2.75, 3.05) is 7.11 Å². The van der Waals surface area contributed by atoms with Crippen molar-refractivity contribution in [3.63, 3.8) is 0 Å². The van der Waals surface area contributed by atoms with E-state index < -0.39 is 0 Å². The first-order chi connectivity index (χ1) is 6.46. The van der Waals surface area contributed by atoms with Gasteiger partial charge in [-0.15, -0.1) is 11.3 Å². The summed E-state index contributed by atoms with van der Waals surface area (Å²) in [6.07, 6.45) is 1.71. The van der Waals surface area contributed by atoms with Crippen LogP contribution in [0.25, 0.3) is 0 Å². The molecule has 1 unspecified atom stereocenters. The van der Waals surface area contributed by atoms with E-state index in [1.165, 1.54) is 18.4 Å². The third-order valence-electron chi connectivity index (χ3n) is 2.00. The number of hydrogen-bond donors (Lipinski definition) is 0. The van der Waals surface area contributed by atoms with E-state index >= 15 is 0 Å². The number of thiazole rings is 1. The van der Waals surface area contributed by atoms with Crippen molar-refractivity contribution >= 4 is 17.3 Å². The molecule has 0 bridgehead atoms. The fourth-order valence-corrected chi connectivity index (χ4v) is 2.29. The van der Waals surface area contributed by atoms with Crippen LogP contribution in [-0.2, 0) is 9.53 Å². The molecule has 14 heavy (non-hydrogen) atoms. The molecule has 0 fully saturated rings. The highest BCUT2D eigenvalue weighted by molar-refractivity contribution is 7.09. The van der Waals surface area contributed by atoms with Gasteiger partial charge in [-0.05, 0) is 5.41 Å². The highest BCUT2D eigenvalue weighted by Gasteiger charge is 2.35. The summed E-state index contributed by atoms with van der Waals surface area (Å²) in [5.41, 5.74) is -0.162. The van der Waals surface area contributed by atoms with E-state index in [0.717, 1.165) is 5.01 Å². The fourth-order valence-electron chi connectivity index (χ4n) is 1.32. The van der Waals surface area contributed by atoms with Gasteiger partial charge in [0.1, 0.15) is 10.9 Å². The van der Waals surface area contributed by atoms with E-state index in [1.807, 2.05) is 26.2 Å². The molecule has 0 aromatic carbocycles. The van der Waals surface area contributed by atoms with Gasteiger partial charge in [0.15, 0.2) is 0 Å². The second-order valence-corrected chi connectivity index (χ2v) is 5.12. The lowest BCUT2D eigenvalue weighted by Gasteiger charge is -2.26. The van der Waals surface area contributed by atoms with Crippen LogP contribution in [0.2, 0.25) is 0 Å². The quantitative estimate of drug-likeness (QED) is 0.708. The Balaban J connectivity index is 3.01. The lowest BCUT2D eigenvalue weighted by atomic mass is 9.81. The molecule has 1 rings (SSSR count). The molecule has 4 heteroatoms. The zero-order chi connectivity index (χ0) is 10.8. The van der Waals surface area contributed by atoms with Crippen molar-refractivity contribution in [2.24, 2.45) is 5.41 Å². The van der Waals surface area contributed by atoms with Crippen molar-refractivity contribution in [1.82, 2.24) is 4.98 Å². The standard InChI is InChI=1S/C10H15NO2S/c1-10(2,3)7(9(12)13-4)8-11-5-6-14-8/h5-7H,1-4H3. The number of carbonyl (C=O) groups excluding carboxylic acids is 1. The average molecular weight is 213 g/mol. The molecule has 0 spiro atoms. The molecule has 0 radical (unpaired) electrons. The maximum atomic E-state index is 11.6. The molecular weight excluding hydrogens is 198 g/mol. The molecule has 0 N–H and O–H groups in total. The second-order valence-electron chi connectivity index (χ2n) is 4.19. The van der Waals surface area contributed by atoms with Crippen molar-refractivity contribution in [1.29, 1.82) is 0 Å². The summed E-state index contributed by atoms with van der Waals surface area (Å²) >= 11 is 1.49. The predicted molar refractivity (Wildman–Crippen MR) is 56.3 cm³/mol. The summed E-state index contributed by atoms with van der Waals surface area (Å²) in [6, 6.07) is 0. The summed E-state index contributed by atoms with van der Waals surface area (Å²) in [6.45, 7) is 6.03. The summed E-state index contributed by atoms with van der Waals surface area (Å²) < 4.78 is 4.79. The van der Waals surface area contributed by atoms with E-state index in [9.17, 15) is 4.79 Å². The topological polar surface area (TPSA) is 39.2 Å². The number of hydrogen-bond acceptors (Lipinski definition) is 4. The SMILES string of the molecule is COC(=O)C(c1nccs1)C(C)(C)C. The Bertz CT molecular complexity index is 300. The molecule has 78 valence electrons. The monoisotopic (exact) mass is 213 g/mol. The van der Waals surface area contributed by atoms with Gasteiger partial charge in [-0.2, -0.15) is 0 Å². The second kappa shape index (κ2) is 4.09. The Hall–Kier alpha value is -0.900. The molecule has 0 saturated heterocycles. The van der Waals surface area contributed by atoms with Gasteiger partial charge in [-0.1, -0.05) is 20.8 Å². The van der Waals surface area contributed by atoms with Crippen molar-refractivity contribution in [3.05, 3.63) is 16.6 Å². The van der Waals surface area contributed by atoms with E-state index in [2.05, 4.69) is 4.98 Å². The van der Waals surface area contributed by atoms with Gasteiger partial charge < -0.3 is 4.74 Å². The maximum absolute atomic E-state index is 11.6. The van der Waals surface area contributed by atoms with Crippen LogP contribution in [0, 0.1) is 5.41 Å². The summed E-state index contributed by atoms with van der Waals surface area (Å²) in [5.74, 6) is -0.486. The van der Waals surface area contributed by atoms with Crippen LogP contribution >= 0.6 is 11.3 Å². The molecule has 1 atom stereocenters. The van der Waals surface area contributed by atoms with Gasteiger partial charge in [0.05, 0.1) is 7.11 Å². The first kappa shape index (κ1) is 11.2. The van der Waals surface area contributed by atoms with Gasteiger partial charge in [0.25, 0.3) is 0 Å². The molecule has 1 heterocycles. The molecule has 1 aromatic heterocycles. The third-order valence-corrected chi connectivity index (χ3v) is 2.84. The highest BCUT2D eigenvalue weighted by atomic mass is 32.1. The van der Waals surface area contributed by atoms with Crippen molar-refractivity contribution in [3.8, 4) is 0 Å². The predicted octanol–water partition coefficient (Wildman–Crippen LogP) is 2.45. The van der Waals surface area contributed by atoms with Gasteiger partial charge >= 0.3 is 5.97 Å². The molecule has 0 aliphatic rings.